The molecule has 0 aliphatic carbocycles. The van der Waals surface area contributed by atoms with Crippen molar-refractivity contribution in [1.29, 1.82) is 0 Å². The zero-order valence-corrected chi connectivity index (χ0v) is 9.38. The second kappa shape index (κ2) is 4.46. The van der Waals surface area contributed by atoms with Gasteiger partial charge in [0.1, 0.15) is 11.5 Å². The molecular weight excluding hydrogens is 202 g/mol. The molecule has 1 aromatic rings. The molecule has 0 atom stereocenters. The van der Waals surface area contributed by atoms with Crippen LogP contribution >= 0.6 is 11.6 Å². The van der Waals surface area contributed by atoms with Crippen molar-refractivity contribution in [2.75, 3.05) is 13.1 Å². The number of halogens is 1. The fraction of sp³-hybridized carbons (Fsp3) is 0.556. The van der Waals surface area contributed by atoms with Crippen molar-refractivity contribution in [2.24, 2.45) is 0 Å². The summed E-state index contributed by atoms with van der Waals surface area (Å²) in [5, 5.41) is 0.391. The van der Waals surface area contributed by atoms with Crippen LogP contribution in [-0.2, 0) is 0 Å². The van der Waals surface area contributed by atoms with Crippen LogP contribution in [0.1, 0.15) is 19.5 Å². The lowest BCUT2D eigenvalue weighted by Gasteiger charge is -2.18. The van der Waals surface area contributed by atoms with E-state index in [-0.39, 0.29) is 6.03 Å². The van der Waals surface area contributed by atoms with E-state index in [1.54, 1.807) is 11.8 Å². The maximum absolute atomic E-state index is 11.8. The second-order valence-electron chi connectivity index (χ2n) is 2.95. The number of imidazole rings is 1. The molecule has 1 heterocycles. The first-order chi connectivity index (χ1) is 6.61. The highest BCUT2D eigenvalue weighted by molar-refractivity contribution is 6.31. The number of nitrogens with zero attached hydrogens (tertiary/aromatic N) is 3. The molecule has 0 spiro atoms. The SMILES string of the molecule is CCN(CC)C(=O)n1cnc(C)c1Cl. The van der Waals surface area contributed by atoms with Gasteiger partial charge in [-0.05, 0) is 20.8 Å². The monoisotopic (exact) mass is 215 g/mol. The van der Waals surface area contributed by atoms with Crippen LogP contribution in [0.3, 0.4) is 0 Å². The Morgan fingerprint density at radius 1 is 1.57 bits per heavy atom. The van der Waals surface area contributed by atoms with Crippen molar-refractivity contribution in [3.63, 3.8) is 0 Å². The molecule has 0 radical (unpaired) electrons. The zero-order valence-electron chi connectivity index (χ0n) is 8.62. The normalized spacial score (nSPS) is 10.3. The summed E-state index contributed by atoms with van der Waals surface area (Å²) in [5.41, 5.74) is 0.673. The van der Waals surface area contributed by atoms with Gasteiger partial charge in [0.15, 0.2) is 0 Å². The molecule has 1 aromatic heterocycles. The molecule has 14 heavy (non-hydrogen) atoms. The van der Waals surface area contributed by atoms with Gasteiger partial charge in [-0.2, -0.15) is 0 Å². The van der Waals surface area contributed by atoms with Crippen LogP contribution in [0, 0.1) is 6.92 Å². The van der Waals surface area contributed by atoms with Crippen molar-refractivity contribution in [3.05, 3.63) is 17.2 Å². The first-order valence-corrected chi connectivity index (χ1v) is 4.98. The van der Waals surface area contributed by atoms with Crippen molar-refractivity contribution in [2.45, 2.75) is 20.8 Å². The van der Waals surface area contributed by atoms with E-state index in [1.165, 1.54) is 10.9 Å². The molecule has 78 valence electrons. The van der Waals surface area contributed by atoms with Crippen LogP contribution in [0.5, 0.6) is 0 Å². The minimum absolute atomic E-state index is 0.124. The van der Waals surface area contributed by atoms with Crippen LogP contribution in [0.4, 0.5) is 4.79 Å². The van der Waals surface area contributed by atoms with Crippen molar-refractivity contribution >= 4 is 17.6 Å². The van der Waals surface area contributed by atoms with Gasteiger partial charge in [-0.25, -0.2) is 14.3 Å². The molecule has 0 N–H and O–H groups in total. The molecule has 4 nitrogen and oxygen atoms in total. The Balaban J connectivity index is 2.94. The summed E-state index contributed by atoms with van der Waals surface area (Å²) in [5.74, 6) is 0. The summed E-state index contributed by atoms with van der Waals surface area (Å²) in [6, 6.07) is -0.124. The van der Waals surface area contributed by atoms with Crippen LogP contribution in [0.25, 0.3) is 0 Å². The lowest BCUT2D eigenvalue weighted by atomic mass is 10.5. The number of aromatic nitrogens is 2. The highest BCUT2D eigenvalue weighted by Crippen LogP contribution is 2.14. The van der Waals surface area contributed by atoms with E-state index in [1.807, 2.05) is 13.8 Å². The third-order valence-electron chi connectivity index (χ3n) is 2.12. The molecule has 1 rings (SSSR count). The first-order valence-electron chi connectivity index (χ1n) is 4.60. The van der Waals surface area contributed by atoms with Gasteiger partial charge < -0.3 is 4.90 Å². The number of carbonyl (C=O) groups excluding carboxylic acids is 1. The van der Waals surface area contributed by atoms with E-state index >= 15 is 0 Å². The van der Waals surface area contributed by atoms with Gasteiger partial charge >= 0.3 is 6.03 Å². The van der Waals surface area contributed by atoms with Gasteiger partial charge in [0.2, 0.25) is 0 Å². The quantitative estimate of drug-likeness (QED) is 0.758. The van der Waals surface area contributed by atoms with Crippen molar-refractivity contribution in [3.8, 4) is 0 Å². The van der Waals surface area contributed by atoms with E-state index < -0.39 is 0 Å². The Hall–Kier alpha value is -1.03. The molecule has 5 heteroatoms. The fourth-order valence-corrected chi connectivity index (χ4v) is 1.37. The summed E-state index contributed by atoms with van der Waals surface area (Å²) in [7, 11) is 0. The van der Waals surface area contributed by atoms with E-state index in [0.29, 0.717) is 23.9 Å². The Bertz CT molecular complexity index is 331. The second-order valence-corrected chi connectivity index (χ2v) is 3.30. The maximum Gasteiger partial charge on any atom is 0.330 e. The number of carbonyl (C=O) groups is 1. The minimum atomic E-state index is -0.124. The minimum Gasteiger partial charge on any atom is -0.325 e. The van der Waals surface area contributed by atoms with Gasteiger partial charge in [-0.15, -0.1) is 0 Å². The molecule has 0 aliphatic heterocycles. The van der Waals surface area contributed by atoms with E-state index in [0.717, 1.165) is 0 Å². The van der Waals surface area contributed by atoms with Gasteiger partial charge in [0.25, 0.3) is 0 Å². The van der Waals surface area contributed by atoms with E-state index in [4.69, 9.17) is 11.6 Å². The van der Waals surface area contributed by atoms with Crippen LogP contribution in [-0.4, -0.2) is 33.6 Å². The highest BCUT2D eigenvalue weighted by atomic mass is 35.5. The standard InChI is InChI=1S/C9H14ClN3O/c1-4-12(5-2)9(14)13-6-11-7(3)8(13)10/h6H,4-5H2,1-3H3. The molecule has 0 aliphatic rings. The predicted molar refractivity (Wildman–Crippen MR) is 55.7 cm³/mol. The lowest BCUT2D eigenvalue weighted by Crippen LogP contribution is -2.34. The topological polar surface area (TPSA) is 38.1 Å². The number of hydrogen-bond acceptors (Lipinski definition) is 2. The number of hydrogen-bond donors (Lipinski definition) is 0. The molecule has 0 saturated carbocycles. The summed E-state index contributed by atoms with van der Waals surface area (Å²) in [6.45, 7) is 6.97. The smallest absolute Gasteiger partial charge is 0.325 e. The van der Waals surface area contributed by atoms with Crippen LogP contribution in [0.15, 0.2) is 6.33 Å². The molecule has 1 amide bonds. The molecular formula is C9H14ClN3O. The third kappa shape index (κ3) is 1.90. The molecule has 0 bridgehead atoms. The number of amides is 1. The Kier molecular flexibility index (Phi) is 3.52. The average Bonchev–Trinajstić information content (AvgIpc) is 2.49. The summed E-state index contributed by atoms with van der Waals surface area (Å²) in [6.07, 6.45) is 1.46. The van der Waals surface area contributed by atoms with Crippen LogP contribution < -0.4 is 0 Å². The third-order valence-corrected chi connectivity index (χ3v) is 2.57. The Morgan fingerprint density at radius 3 is 2.50 bits per heavy atom. The summed E-state index contributed by atoms with van der Waals surface area (Å²) < 4.78 is 1.36. The molecule has 0 aromatic carbocycles. The molecule has 0 fully saturated rings. The fourth-order valence-electron chi connectivity index (χ4n) is 1.20. The van der Waals surface area contributed by atoms with Crippen molar-refractivity contribution < 1.29 is 4.79 Å². The number of aryl methyl sites for hydroxylation is 1. The van der Waals surface area contributed by atoms with Crippen molar-refractivity contribution in [1.82, 2.24) is 14.5 Å². The zero-order chi connectivity index (χ0) is 10.7. The van der Waals surface area contributed by atoms with Gasteiger partial charge in [-0.3, -0.25) is 0 Å². The van der Waals surface area contributed by atoms with Gasteiger partial charge in [0, 0.05) is 13.1 Å². The summed E-state index contributed by atoms with van der Waals surface area (Å²) >= 11 is 5.91. The van der Waals surface area contributed by atoms with Gasteiger partial charge in [-0.1, -0.05) is 11.6 Å². The predicted octanol–water partition coefficient (Wildman–Crippen LogP) is 2.15. The Labute approximate surface area is 88.5 Å². The largest absolute Gasteiger partial charge is 0.330 e. The summed E-state index contributed by atoms with van der Waals surface area (Å²) in [4.78, 5) is 17.5. The van der Waals surface area contributed by atoms with E-state index in [2.05, 4.69) is 4.98 Å². The molecule has 0 unspecified atom stereocenters. The maximum atomic E-state index is 11.8. The highest BCUT2D eigenvalue weighted by Gasteiger charge is 2.15. The lowest BCUT2D eigenvalue weighted by molar-refractivity contribution is 0.205. The Morgan fingerprint density at radius 2 is 2.14 bits per heavy atom. The molecule has 0 saturated heterocycles. The van der Waals surface area contributed by atoms with Gasteiger partial charge in [0.05, 0.1) is 5.69 Å². The van der Waals surface area contributed by atoms with E-state index in [9.17, 15) is 4.79 Å². The first kappa shape index (κ1) is 11.0. The number of rotatable bonds is 2. The van der Waals surface area contributed by atoms with Crippen LogP contribution in [0.2, 0.25) is 5.15 Å². The average molecular weight is 216 g/mol.